The van der Waals surface area contributed by atoms with Crippen LogP contribution in [-0.4, -0.2) is 42.5 Å². The first-order valence-electron chi connectivity index (χ1n) is 6.54. The smallest absolute Gasteiger partial charge is 0.263 e. The average Bonchev–Trinajstić information content (AvgIpc) is 2.65. The zero-order valence-corrected chi connectivity index (χ0v) is 12.9. The van der Waals surface area contributed by atoms with Crippen LogP contribution in [0, 0.1) is 0 Å². The van der Waals surface area contributed by atoms with Crippen molar-refractivity contribution in [1.29, 1.82) is 0 Å². The fourth-order valence-corrected chi connectivity index (χ4v) is 2.28. The van der Waals surface area contributed by atoms with Crippen molar-refractivity contribution in [3.05, 3.63) is 28.7 Å². The van der Waals surface area contributed by atoms with Gasteiger partial charge >= 0.3 is 0 Å². The summed E-state index contributed by atoms with van der Waals surface area (Å²) in [5.41, 5.74) is 0. The van der Waals surface area contributed by atoms with Crippen molar-refractivity contribution in [2.75, 3.05) is 19.6 Å². The average molecular weight is 341 g/mol. The summed E-state index contributed by atoms with van der Waals surface area (Å²) in [4.78, 5) is 25.2. The molecule has 1 fully saturated rings. The van der Waals surface area contributed by atoms with E-state index in [2.05, 4.69) is 21.2 Å². The minimum atomic E-state index is -0.565. The van der Waals surface area contributed by atoms with Crippen LogP contribution in [-0.2, 0) is 9.59 Å². The van der Waals surface area contributed by atoms with E-state index in [-0.39, 0.29) is 11.8 Å². The molecule has 108 valence electrons. The molecule has 5 nitrogen and oxygen atoms in total. The number of halogens is 1. The van der Waals surface area contributed by atoms with Crippen LogP contribution in [0.3, 0.4) is 0 Å². The van der Waals surface area contributed by atoms with Gasteiger partial charge < -0.3 is 15.0 Å². The van der Waals surface area contributed by atoms with Crippen molar-refractivity contribution in [3.63, 3.8) is 0 Å². The Bertz CT molecular complexity index is 490. The van der Waals surface area contributed by atoms with E-state index in [9.17, 15) is 9.59 Å². The molecular formula is C14H17BrN2O3. The number of hydrogen-bond donors (Lipinski definition) is 1. The highest BCUT2D eigenvalue weighted by molar-refractivity contribution is 9.10. The fourth-order valence-electron chi connectivity index (χ4n) is 2.01. The fraction of sp³-hybridized carbons (Fsp3) is 0.429. The minimum absolute atomic E-state index is 0.0122. The van der Waals surface area contributed by atoms with E-state index < -0.39 is 6.10 Å². The van der Waals surface area contributed by atoms with Crippen LogP contribution in [0.2, 0.25) is 0 Å². The largest absolute Gasteiger partial charge is 0.481 e. The summed E-state index contributed by atoms with van der Waals surface area (Å²) in [5.74, 6) is 0.546. The molecular weight excluding hydrogens is 324 g/mol. The van der Waals surface area contributed by atoms with Gasteiger partial charge in [-0.2, -0.15) is 0 Å². The molecule has 1 saturated heterocycles. The summed E-state index contributed by atoms with van der Waals surface area (Å²) in [6.45, 7) is 3.19. The number of carbonyl (C=O) groups is 2. The molecule has 0 saturated carbocycles. The summed E-state index contributed by atoms with van der Waals surface area (Å²) in [6.07, 6.45) is -0.221. The number of benzene rings is 1. The van der Waals surface area contributed by atoms with Crippen molar-refractivity contribution in [2.24, 2.45) is 0 Å². The molecule has 0 spiro atoms. The molecule has 0 radical (unpaired) electrons. The second-order valence-corrected chi connectivity index (χ2v) is 5.55. The third-order valence-corrected chi connectivity index (χ3v) is 3.63. The SMILES string of the molecule is CC(Oc1ccc(Br)cc1)C(=O)N1CCNC(=O)CC1. The van der Waals surface area contributed by atoms with Crippen LogP contribution < -0.4 is 10.1 Å². The molecule has 1 heterocycles. The van der Waals surface area contributed by atoms with Crippen molar-refractivity contribution in [3.8, 4) is 5.75 Å². The van der Waals surface area contributed by atoms with E-state index in [1.807, 2.05) is 12.1 Å². The standard InChI is InChI=1S/C14H17BrN2O3/c1-10(20-12-4-2-11(15)3-5-12)14(19)17-8-6-13(18)16-7-9-17/h2-5,10H,6-9H2,1H3,(H,16,18). The van der Waals surface area contributed by atoms with Gasteiger partial charge in [0.15, 0.2) is 6.10 Å². The molecule has 1 aliphatic heterocycles. The molecule has 0 aliphatic carbocycles. The van der Waals surface area contributed by atoms with Crippen LogP contribution in [0.5, 0.6) is 5.75 Å². The number of rotatable bonds is 3. The van der Waals surface area contributed by atoms with Crippen molar-refractivity contribution in [1.82, 2.24) is 10.2 Å². The maximum atomic E-state index is 12.3. The third kappa shape index (κ3) is 3.96. The first kappa shape index (κ1) is 14.8. The predicted molar refractivity (Wildman–Crippen MR) is 78.4 cm³/mol. The van der Waals surface area contributed by atoms with Crippen LogP contribution in [0.25, 0.3) is 0 Å². The lowest BCUT2D eigenvalue weighted by atomic mass is 10.3. The molecule has 2 amide bonds. The van der Waals surface area contributed by atoms with Gasteiger partial charge in [0.2, 0.25) is 5.91 Å². The number of ether oxygens (including phenoxy) is 1. The number of nitrogens with one attached hydrogen (secondary N) is 1. The lowest BCUT2D eigenvalue weighted by molar-refractivity contribution is -0.137. The highest BCUT2D eigenvalue weighted by atomic mass is 79.9. The van der Waals surface area contributed by atoms with Gasteiger partial charge in [0.1, 0.15) is 5.75 Å². The minimum Gasteiger partial charge on any atom is -0.481 e. The van der Waals surface area contributed by atoms with Gasteiger partial charge in [-0.15, -0.1) is 0 Å². The number of amides is 2. The summed E-state index contributed by atoms with van der Waals surface area (Å²) in [5, 5.41) is 2.75. The Hall–Kier alpha value is -1.56. The van der Waals surface area contributed by atoms with Gasteiger partial charge in [-0.25, -0.2) is 0 Å². The number of carbonyl (C=O) groups excluding carboxylic acids is 2. The van der Waals surface area contributed by atoms with Crippen molar-refractivity contribution >= 4 is 27.7 Å². The van der Waals surface area contributed by atoms with Crippen LogP contribution in [0.15, 0.2) is 28.7 Å². The molecule has 1 aromatic carbocycles. The second kappa shape index (κ2) is 6.74. The van der Waals surface area contributed by atoms with E-state index in [0.29, 0.717) is 31.8 Å². The first-order chi connectivity index (χ1) is 9.56. The first-order valence-corrected chi connectivity index (χ1v) is 7.33. The van der Waals surface area contributed by atoms with Gasteiger partial charge in [-0.05, 0) is 31.2 Å². The Kier molecular flexibility index (Phi) is 5.00. The highest BCUT2D eigenvalue weighted by Crippen LogP contribution is 2.18. The van der Waals surface area contributed by atoms with Crippen LogP contribution in [0.4, 0.5) is 0 Å². The summed E-state index contributed by atoms with van der Waals surface area (Å²) < 4.78 is 6.59. The normalized spacial score (nSPS) is 17.1. The molecule has 0 bridgehead atoms. The van der Waals surface area contributed by atoms with E-state index >= 15 is 0 Å². The predicted octanol–water partition coefficient (Wildman–Crippen LogP) is 1.56. The van der Waals surface area contributed by atoms with Crippen molar-refractivity contribution in [2.45, 2.75) is 19.4 Å². The van der Waals surface area contributed by atoms with Crippen LogP contribution in [0.1, 0.15) is 13.3 Å². The van der Waals surface area contributed by atoms with Crippen LogP contribution >= 0.6 is 15.9 Å². The molecule has 1 aromatic rings. The molecule has 1 unspecified atom stereocenters. The Morgan fingerprint density at radius 1 is 1.35 bits per heavy atom. The Morgan fingerprint density at radius 3 is 2.75 bits per heavy atom. The Balaban J connectivity index is 1.94. The molecule has 1 aliphatic rings. The number of nitrogens with zero attached hydrogens (tertiary/aromatic N) is 1. The van der Waals surface area contributed by atoms with Gasteiger partial charge in [-0.1, -0.05) is 15.9 Å². The van der Waals surface area contributed by atoms with Gasteiger partial charge in [0.25, 0.3) is 5.91 Å². The van der Waals surface area contributed by atoms with E-state index in [0.717, 1.165) is 4.47 Å². The Morgan fingerprint density at radius 2 is 2.05 bits per heavy atom. The summed E-state index contributed by atoms with van der Waals surface area (Å²) >= 11 is 3.35. The van der Waals surface area contributed by atoms with E-state index in [1.165, 1.54) is 0 Å². The zero-order valence-electron chi connectivity index (χ0n) is 11.3. The molecule has 20 heavy (non-hydrogen) atoms. The molecule has 1 atom stereocenters. The van der Waals surface area contributed by atoms with Crippen molar-refractivity contribution < 1.29 is 14.3 Å². The maximum absolute atomic E-state index is 12.3. The van der Waals surface area contributed by atoms with Gasteiger partial charge in [-0.3, -0.25) is 9.59 Å². The maximum Gasteiger partial charge on any atom is 0.263 e. The summed E-state index contributed by atoms with van der Waals surface area (Å²) in [7, 11) is 0. The van der Waals surface area contributed by atoms with E-state index in [1.54, 1.807) is 24.0 Å². The van der Waals surface area contributed by atoms with E-state index in [4.69, 9.17) is 4.74 Å². The highest BCUT2D eigenvalue weighted by Gasteiger charge is 2.24. The summed E-state index contributed by atoms with van der Waals surface area (Å²) in [6, 6.07) is 7.34. The second-order valence-electron chi connectivity index (χ2n) is 4.64. The topological polar surface area (TPSA) is 58.6 Å². The quantitative estimate of drug-likeness (QED) is 0.908. The third-order valence-electron chi connectivity index (χ3n) is 3.10. The molecule has 0 aromatic heterocycles. The number of hydrogen-bond acceptors (Lipinski definition) is 3. The van der Waals surface area contributed by atoms with Gasteiger partial charge in [0, 0.05) is 30.5 Å². The molecule has 1 N–H and O–H groups in total. The lowest BCUT2D eigenvalue weighted by Crippen LogP contribution is -2.42. The monoisotopic (exact) mass is 340 g/mol. The Labute approximate surface area is 126 Å². The molecule has 6 heteroatoms. The zero-order chi connectivity index (χ0) is 14.5. The lowest BCUT2D eigenvalue weighted by Gasteiger charge is -2.24. The van der Waals surface area contributed by atoms with Gasteiger partial charge in [0.05, 0.1) is 0 Å². The molecule has 2 rings (SSSR count).